The molecular weight excluding hydrogens is 274 g/mol. The first-order chi connectivity index (χ1) is 9.76. The number of amides is 1. The zero-order valence-electron chi connectivity index (χ0n) is 11.1. The smallest absolute Gasteiger partial charge is 0.248 e. The number of nitrogens with two attached hydrogens (primary N) is 1. The number of anilines is 1. The summed E-state index contributed by atoms with van der Waals surface area (Å²) in [5.74, 6) is 4.97. The van der Waals surface area contributed by atoms with E-state index in [1.54, 1.807) is 11.3 Å². The highest BCUT2D eigenvalue weighted by Crippen LogP contribution is 2.28. The molecule has 1 aliphatic heterocycles. The number of carbonyl (C=O) groups excluding carboxylic acids is 1. The third-order valence-electron chi connectivity index (χ3n) is 3.45. The van der Waals surface area contributed by atoms with Crippen LogP contribution >= 0.6 is 11.3 Å². The number of hydrogen-bond donors (Lipinski definition) is 2. The first kappa shape index (κ1) is 13.3. The standard InChI is InChI=1S/C13H17N5OS/c14-16-12(19)9-17-5-7-18(8-6-17)13-15-10-3-1-2-4-11(10)20-13/h1-4H,5-9,14H2,(H,16,19). The van der Waals surface area contributed by atoms with Crippen molar-refractivity contribution in [3.05, 3.63) is 24.3 Å². The van der Waals surface area contributed by atoms with Gasteiger partial charge in [0.1, 0.15) is 0 Å². The van der Waals surface area contributed by atoms with Gasteiger partial charge in [0.15, 0.2) is 5.13 Å². The van der Waals surface area contributed by atoms with Gasteiger partial charge >= 0.3 is 0 Å². The van der Waals surface area contributed by atoms with E-state index in [0.29, 0.717) is 6.54 Å². The fourth-order valence-corrected chi connectivity index (χ4v) is 3.36. The lowest BCUT2D eigenvalue weighted by Gasteiger charge is -2.33. The summed E-state index contributed by atoms with van der Waals surface area (Å²) in [4.78, 5) is 20.3. The van der Waals surface area contributed by atoms with E-state index in [2.05, 4.69) is 26.3 Å². The van der Waals surface area contributed by atoms with Gasteiger partial charge in [-0.05, 0) is 12.1 Å². The average molecular weight is 291 g/mol. The molecule has 6 nitrogen and oxygen atoms in total. The number of hydrogen-bond acceptors (Lipinski definition) is 6. The molecule has 0 radical (unpaired) electrons. The number of carbonyl (C=O) groups is 1. The maximum atomic E-state index is 11.2. The number of para-hydroxylation sites is 1. The number of nitrogens with zero attached hydrogens (tertiary/aromatic N) is 3. The second kappa shape index (κ2) is 5.74. The second-order valence-corrected chi connectivity index (χ2v) is 5.80. The van der Waals surface area contributed by atoms with E-state index in [1.807, 2.05) is 18.2 Å². The molecule has 0 bridgehead atoms. The van der Waals surface area contributed by atoms with Crippen LogP contribution in [0.25, 0.3) is 10.2 Å². The van der Waals surface area contributed by atoms with E-state index >= 15 is 0 Å². The highest BCUT2D eigenvalue weighted by atomic mass is 32.1. The van der Waals surface area contributed by atoms with Gasteiger partial charge < -0.3 is 4.90 Å². The van der Waals surface area contributed by atoms with Crippen LogP contribution in [0.15, 0.2) is 24.3 Å². The first-order valence-electron chi connectivity index (χ1n) is 6.58. The lowest BCUT2D eigenvalue weighted by molar-refractivity contribution is -0.122. The molecule has 0 saturated carbocycles. The van der Waals surface area contributed by atoms with Gasteiger partial charge in [0.2, 0.25) is 5.91 Å². The summed E-state index contributed by atoms with van der Waals surface area (Å²) in [6.45, 7) is 3.84. The number of aromatic nitrogens is 1. The monoisotopic (exact) mass is 291 g/mol. The van der Waals surface area contributed by atoms with E-state index in [1.165, 1.54) is 4.70 Å². The van der Waals surface area contributed by atoms with Crippen LogP contribution in [0.1, 0.15) is 0 Å². The van der Waals surface area contributed by atoms with Crippen LogP contribution in [0.5, 0.6) is 0 Å². The predicted octanol–water partition coefficient (Wildman–Crippen LogP) is 0.408. The predicted molar refractivity (Wildman–Crippen MR) is 80.6 cm³/mol. The number of benzene rings is 1. The van der Waals surface area contributed by atoms with E-state index in [0.717, 1.165) is 36.8 Å². The fourth-order valence-electron chi connectivity index (χ4n) is 2.34. The molecule has 7 heteroatoms. The van der Waals surface area contributed by atoms with Crippen molar-refractivity contribution in [3.63, 3.8) is 0 Å². The molecule has 1 aromatic carbocycles. The highest BCUT2D eigenvalue weighted by Gasteiger charge is 2.20. The van der Waals surface area contributed by atoms with Crippen molar-refractivity contribution in [1.82, 2.24) is 15.3 Å². The Hall–Kier alpha value is -1.70. The molecule has 106 valence electrons. The van der Waals surface area contributed by atoms with Crippen molar-refractivity contribution in [2.75, 3.05) is 37.6 Å². The third-order valence-corrected chi connectivity index (χ3v) is 4.55. The molecule has 1 aliphatic rings. The minimum atomic E-state index is -0.140. The Morgan fingerprint density at radius 1 is 1.30 bits per heavy atom. The Morgan fingerprint density at radius 2 is 2.05 bits per heavy atom. The van der Waals surface area contributed by atoms with Gasteiger partial charge in [0, 0.05) is 26.2 Å². The molecule has 1 saturated heterocycles. The van der Waals surface area contributed by atoms with Gasteiger partial charge in [-0.2, -0.15) is 0 Å². The summed E-state index contributed by atoms with van der Waals surface area (Å²) in [6.07, 6.45) is 0. The summed E-state index contributed by atoms with van der Waals surface area (Å²) in [5.41, 5.74) is 3.22. The van der Waals surface area contributed by atoms with Crippen LogP contribution in [0.4, 0.5) is 5.13 Å². The van der Waals surface area contributed by atoms with E-state index in [4.69, 9.17) is 5.84 Å². The molecule has 3 rings (SSSR count). The van der Waals surface area contributed by atoms with Gasteiger partial charge in [0.25, 0.3) is 0 Å². The summed E-state index contributed by atoms with van der Waals surface area (Å²) >= 11 is 1.72. The number of nitrogens with one attached hydrogen (secondary N) is 1. The first-order valence-corrected chi connectivity index (χ1v) is 7.40. The van der Waals surface area contributed by atoms with Crippen LogP contribution in [-0.4, -0.2) is 48.5 Å². The maximum Gasteiger partial charge on any atom is 0.248 e. The quantitative estimate of drug-likeness (QED) is 0.487. The fraction of sp³-hybridized carbons (Fsp3) is 0.385. The van der Waals surface area contributed by atoms with Gasteiger partial charge in [0.05, 0.1) is 16.8 Å². The molecular formula is C13H17N5OS. The lowest BCUT2D eigenvalue weighted by atomic mass is 10.3. The molecule has 3 N–H and O–H groups in total. The molecule has 1 aromatic heterocycles. The van der Waals surface area contributed by atoms with Crippen molar-refractivity contribution in [2.45, 2.75) is 0 Å². The van der Waals surface area contributed by atoms with Gasteiger partial charge in [-0.1, -0.05) is 23.5 Å². The van der Waals surface area contributed by atoms with Crippen molar-refractivity contribution < 1.29 is 4.79 Å². The molecule has 0 spiro atoms. The highest BCUT2D eigenvalue weighted by molar-refractivity contribution is 7.22. The van der Waals surface area contributed by atoms with Gasteiger partial charge in [-0.25, -0.2) is 10.8 Å². The Balaban J connectivity index is 1.64. The van der Waals surface area contributed by atoms with Crippen LogP contribution in [-0.2, 0) is 4.79 Å². The molecule has 0 unspecified atom stereocenters. The zero-order valence-corrected chi connectivity index (χ0v) is 11.9. The van der Waals surface area contributed by atoms with Gasteiger partial charge in [-0.3, -0.25) is 15.1 Å². The summed E-state index contributed by atoms with van der Waals surface area (Å²) < 4.78 is 1.22. The lowest BCUT2D eigenvalue weighted by Crippen LogP contribution is -2.50. The summed E-state index contributed by atoms with van der Waals surface area (Å²) in [6, 6.07) is 8.18. The number of hydrazine groups is 1. The SMILES string of the molecule is NNC(=O)CN1CCN(c2nc3ccccc3s2)CC1. The number of rotatable bonds is 3. The Kier molecular flexibility index (Phi) is 3.81. The van der Waals surface area contributed by atoms with E-state index in [9.17, 15) is 4.79 Å². The number of thiazole rings is 1. The van der Waals surface area contributed by atoms with Gasteiger partial charge in [-0.15, -0.1) is 0 Å². The molecule has 2 heterocycles. The molecule has 1 amide bonds. The second-order valence-electron chi connectivity index (χ2n) is 4.79. The van der Waals surface area contributed by atoms with Crippen LogP contribution in [0.2, 0.25) is 0 Å². The van der Waals surface area contributed by atoms with Crippen molar-refractivity contribution in [2.24, 2.45) is 5.84 Å². The summed E-state index contributed by atoms with van der Waals surface area (Å²) in [7, 11) is 0. The molecule has 2 aromatic rings. The van der Waals surface area contributed by atoms with Crippen molar-refractivity contribution >= 4 is 32.6 Å². The molecule has 20 heavy (non-hydrogen) atoms. The minimum Gasteiger partial charge on any atom is -0.345 e. The Labute approximate surface area is 121 Å². The average Bonchev–Trinajstić information content (AvgIpc) is 2.91. The van der Waals surface area contributed by atoms with E-state index < -0.39 is 0 Å². The van der Waals surface area contributed by atoms with Crippen LogP contribution in [0.3, 0.4) is 0 Å². The molecule has 1 fully saturated rings. The Bertz CT molecular complexity index is 573. The van der Waals surface area contributed by atoms with Crippen molar-refractivity contribution in [1.29, 1.82) is 0 Å². The van der Waals surface area contributed by atoms with Crippen LogP contribution < -0.4 is 16.2 Å². The normalized spacial score (nSPS) is 16.6. The topological polar surface area (TPSA) is 74.5 Å². The van der Waals surface area contributed by atoms with E-state index in [-0.39, 0.29) is 5.91 Å². The minimum absolute atomic E-state index is 0.140. The van der Waals surface area contributed by atoms with Crippen LogP contribution in [0, 0.1) is 0 Å². The largest absolute Gasteiger partial charge is 0.345 e. The van der Waals surface area contributed by atoms with Crippen molar-refractivity contribution in [3.8, 4) is 0 Å². The molecule has 0 atom stereocenters. The maximum absolute atomic E-state index is 11.2. The summed E-state index contributed by atoms with van der Waals surface area (Å²) in [5, 5.41) is 1.06. The third kappa shape index (κ3) is 2.74. The zero-order chi connectivity index (χ0) is 13.9. The number of fused-ring (bicyclic) bond motifs is 1. The Morgan fingerprint density at radius 3 is 2.75 bits per heavy atom. The molecule has 0 aliphatic carbocycles. The number of piperazine rings is 1.